The molecule has 1 aliphatic rings. The Kier molecular flexibility index (Phi) is 1.93. The van der Waals surface area contributed by atoms with E-state index in [0.717, 1.165) is 22.5 Å². The van der Waals surface area contributed by atoms with Crippen molar-refractivity contribution >= 4 is 28.4 Å². The summed E-state index contributed by atoms with van der Waals surface area (Å²) in [6, 6.07) is 0. The van der Waals surface area contributed by atoms with Crippen molar-refractivity contribution in [3.63, 3.8) is 0 Å². The molecule has 1 aliphatic heterocycles. The van der Waals surface area contributed by atoms with Crippen molar-refractivity contribution in [3.05, 3.63) is 16.1 Å². The highest BCUT2D eigenvalue weighted by Crippen LogP contribution is 2.22. The van der Waals surface area contributed by atoms with Gasteiger partial charge in [0.15, 0.2) is 0 Å². The molecule has 0 N–H and O–H groups in total. The molecule has 1 aromatic heterocycles. The van der Waals surface area contributed by atoms with Gasteiger partial charge in [-0.15, -0.1) is 0 Å². The Labute approximate surface area is 79.0 Å². The third-order valence-electron chi connectivity index (χ3n) is 1.80. The first-order valence-corrected chi connectivity index (χ1v) is 4.66. The Morgan fingerprint density at radius 3 is 2.82 bits per heavy atom. The van der Waals surface area contributed by atoms with Crippen molar-refractivity contribution in [2.24, 2.45) is 0 Å². The fraction of sp³-hybridized carbons (Fsp3) is 0.429. The van der Waals surface area contributed by atoms with Gasteiger partial charge in [0.25, 0.3) is 0 Å². The fourth-order valence-electron chi connectivity index (χ4n) is 1.07. The summed E-state index contributed by atoms with van der Waals surface area (Å²) >= 11 is 2.27. The van der Waals surface area contributed by atoms with Crippen LogP contribution in [0.3, 0.4) is 0 Å². The lowest BCUT2D eigenvalue weighted by Crippen LogP contribution is -2.38. The second kappa shape index (κ2) is 2.92. The number of hydrogen-bond donors (Lipinski definition) is 0. The molecular formula is C7H8IN3. The summed E-state index contributed by atoms with van der Waals surface area (Å²) in [7, 11) is 0. The van der Waals surface area contributed by atoms with Gasteiger partial charge in [0.1, 0.15) is 12.1 Å². The lowest BCUT2D eigenvalue weighted by Gasteiger charge is -2.32. The number of rotatable bonds is 1. The minimum Gasteiger partial charge on any atom is -0.356 e. The summed E-state index contributed by atoms with van der Waals surface area (Å²) in [5.41, 5.74) is 0. The maximum absolute atomic E-state index is 4.21. The molecule has 4 heteroatoms. The minimum atomic E-state index is 1.09. The summed E-state index contributed by atoms with van der Waals surface area (Å²) in [5.74, 6) is 1.09. The van der Waals surface area contributed by atoms with Crippen LogP contribution in [0.2, 0.25) is 0 Å². The summed E-state index contributed by atoms with van der Waals surface area (Å²) in [6.07, 6.45) is 4.75. The molecule has 0 bridgehead atoms. The topological polar surface area (TPSA) is 29.0 Å². The van der Waals surface area contributed by atoms with Crippen LogP contribution in [-0.4, -0.2) is 23.1 Å². The highest BCUT2D eigenvalue weighted by Gasteiger charge is 2.17. The second-order valence-corrected chi connectivity index (χ2v) is 3.70. The molecule has 1 fully saturated rings. The normalized spacial score (nSPS) is 16.3. The van der Waals surface area contributed by atoms with Gasteiger partial charge in [0, 0.05) is 19.3 Å². The van der Waals surface area contributed by atoms with E-state index in [1.165, 1.54) is 6.42 Å². The maximum atomic E-state index is 4.21. The van der Waals surface area contributed by atoms with Crippen LogP contribution in [0, 0.1) is 3.57 Å². The van der Waals surface area contributed by atoms with Gasteiger partial charge in [0.05, 0.1) is 3.57 Å². The number of anilines is 1. The average molecular weight is 261 g/mol. The molecular weight excluding hydrogens is 253 g/mol. The zero-order chi connectivity index (χ0) is 7.68. The molecule has 3 nitrogen and oxygen atoms in total. The molecule has 2 rings (SSSR count). The van der Waals surface area contributed by atoms with E-state index >= 15 is 0 Å². The van der Waals surface area contributed by atoms with Gasteiger partial charge in [0.2, 0.25) is 0 Å². The SMILES string of the molecule is Ic1cncnc1N1CCC1. The van der Waals surface area contributed by atoms with E-state index < -0.39 is 0 Å². The third-order valence-corrected chi connectivity index (χ3v) is 2.56. The molecule has 1 aromatic rings. The molecule has 0 spiro atoms. The van der Waals surface area contributed by atoms with Gasteiger partial charge in [-0.1, -0.05) is 0 Å². The smallest absolute Gasteiger partial charge is 0.145 e. The van der Waals surface area contributed by atoms with E-state index in [1.807, 2.05) is 6.20 Å². The van der Waals surface area contributed by atoms with Crippen LogP contribution in [0.1, 0.15) is 6.42 Å². The minimum absolute atomic E-state index is 1.09. The van der Waals surface area contributed by atoms with E-state index in [4.69, 9.17) is 0 Å². The summed E-state index contributed by atoms with van der Waals surface area (Å²) in [4.78, 5) is 10.4. The number of hydrogen-bond acceptors (Lipinski definition) is 3. The van der Waals surface area contributed by atoms with E-state index in [1.54, 1.807) is 6.33 Å². The lowest BCUT2D eigenvalue weighted by atomic mass is 10.2. The molecule has 0 saturated carbocycles. The number of nitrogens with zero attached hydrogens (tertiary/aromatic N) is 3. The second-order valence-electron chi connectivity index (χ2n) is 2.53. The predicted molar refractivity (Wildman–Crippen MR) is 51.6 cm³/mol. The largest absolute Gasteiger partial charge is 0.356 e. The van der Waals surface area contributed by atoms with Crippen molar-refractivity contribution in [3.8, 4) is 0 Å². The van der Waals surface area contributed by atoms with Crippen LogP contribution in [-0.2, 0) is 0 Å². The Bertz CT molecular complexity index is 260. The van der Waals surface area contributed by atoms with E-state index in [-0.39, 0.29) is 0 Å². The van der Waals surface area contributed by atoms with Gasteiger partial charge < -0.3 is 4.90 Å². The van der Waals surface area contributed by atoms with Gasteiger partial charge in [-0.3, -0.25) is 0 Å². The Hall–Kier alpha value is -0.390. The molecule has 0 aliphatic carbocycles. The van der Waals surface area contributed by atoms with Gasteiger partial charge in [-0.2, -0.15) is 0 Å². The van der Waals surface area contributed by atoms with Crippen LogP contribution in [0.25, 0.3) is 0 Å². The van der Waals surface area contributed by atoms with Gasteiger partial charge >= 0.3 is 0 Å². The first-order chi connectivity index (χ1) is 5.38. The molecule has 0 aromatic carbocycles. The molecule has 58 valence electrons. The first kappa shape index (κ1) is 7.27. The van der Waals surface area contributed by atoms with Crippen LogP contribution in [0.4, 0.5) is 5.82 Å². The molecule has 2 heterocycles. The number of halogens is 1. The van der Waals surface area contributed by atoms with Crippen LogP contribution >= 0.6 is 22.6 Å². The quantitative estimate of drug-likeness (QED) is 0.713. The summed E-state index contributed by atoms with van der Waals surface area (Å²) in [6.45, 7) is 2.29. The zero-order valence-electron chi connectivity index (χ0n) is 6.00. The molecule has 1 saturated heterocycles. The molecule has 0 atom stereocenters. The van der Waals surface area contributed by atoms with Crippen LogP contribution in [0.15, 0.2) is 12.5 Å². The monoisotopic (exact) mass is 261 g/mol. The van der Waals surface area contributed by atoms with Crippen molar-refractivity contribution in [1.82, 2.24) is 9.97 Å². The van der Waals surface area contributed by atoms with E-state index in [0.29, 0.717) is 0 Å². The van der Waals surface area contributed by atoms with Crippen molar-refractivity contribution < 1.29 is 0 Å². The third kappa shape index (κ3) is 1.31. The van der Waals surface area contributed by atoms with Crippen LogP contribution < -0.4 is 4.90 Å². The number of aromatic nitrogens is 2. The highest BCUT2D eigenvalue weighted by molar-refractivity contribution is 14.1. The Morgan fingerprint density at radius 2 is 2.27 bits per heavy atom. The standard InChI is InChI=1S/C7H8IN3/c8-6-4-9-5-10-7(6)11-2-1-3-11/h4-5H,1-3H2. The Balaban J connectivity index is 2.28. The Morgan fingerprint density at radius 1 is 1.45 bits per heavy atom. The highest BCUT2D eigenvalue weighted by atomic mass is 127. The van der Waals surface area contributed by atoms with Crippen molar-refractivity contribution in [2.45, 2.75) is 6.42 Å². The summed E-state index contributed by atoms with van der Waals surface area (Å²) in [5, 5.41) is 0. The maximum Gasteiger partial charge on any atom is 0.145 e. The predicted octanol–water partition coefficient (Wildman–Crippen LogP) is 1.29. The van der Waals surface area contributed by atoms with E-state index in [2.05, 4.69) is 37.5 Å². The summed E-state index contributed by atoms with van der Waals surface area (Å²) < 4.78 is 1.14. The first-order valence-electron chi connectivity index (χ1n) is 3.58. The lowest BCUT2D eigenvalue weighted by molar-refractivity contribution is 0.607. The fourth-order valence-corrected chi connectivity index (χ4v) is 1.71. The van der Waals surface area contributed by atoms with E-state index in [9.17, 15) is 0 Å². The molecule has 0 unspecified atom stereocenters. The molecule has 0 amide bonds. The van der Waals surface area contributed by atoms with Crippen molar-refractivity contribution in [2.75, 3.05) is 18.0 Å². The van der Waals surface area contributed by atoms with Gasteiger partial charge in [-0.25, -0.2) is 9.97 Å². The molecule has 0 radical (unpaired) electrons. The van der Waals surface area contributed by atoms with Gasteiger partial charge in [-0.05, 0) is 29.0 Å². The molecule has 11 heavy (non-hydrogen) atoms. The zero-order valence-corrected chi connectivity index (χ0v) is 8.15. The average Bonchev–Trinajstić information content (AvgIpc) is 1.90. The van der Waals surface area contributed by atoms with Crippen LogP contribution in [0.5, 0.6) is 0 Å². The van der Waals surface area contributed by atoms with Crippen molar-refractivity contribution in [1.29, 1.82) is 0 Å².